The van der Waals surface area contributed by atoms with Gasteiger partial charge in [0.2, 0.25) is 0 Å². The highest BCUT2D eigenvalue weighted by Gasteiger charge is 1.81. The van der Waals surface area contributed by atoms with Gasteiger partial charge in [-0.1, -0.05) is 26.2 Å². The molecule has 1 heterocycles. The van der Waals surface area contributed by atoms with E-state index < -0.39 is 0 Å². The molecule has 0 N–H and O–H groups in total. The Balaban J connectivity index is 0.000000223. The van der Waals surface area contributed by atoms with Crippen molar-refractivity contribution >= 4 is 11.6 Å². The zero-order valence-electron chi connectivity index (χ0n) is 8.54. The van der Waals surface area contributed by atoms with Crippen LogP contribution in [-0.4, -0.2) is 15.4 Å². The number of alkyl halides is 1. The lowest BCUT2D eigenvalue weighted by Gasteiger charge is -1.89. The summed E-state index contributed by atoms with van der Waals surface area (Å²) in [6, 6.07) is 0. The molecule has 0 aromatic carbocycles. The molecule has 0 bridgehead atoms. The van der Waals surface area contributed by atoms with Crippen LogP contribution in [0, 0.1) is 0 Å². The molecule has 0 saturated heterocycles. The second-order valence-electron chi connectivity index (χ2n) is 2.98. The number of halogens is 1. The monoisotopic (exact) mass is 202 g/mol. The first-order valence-electron chi connectivity index (χ1n) is 4.79. The Bertz CT molecular complexity index is 169. The van der Waals surface area contributed by atoms with Crippen molar-refractivity contribution in [3.05, 3.63) is 18.7 Å². The number of hydrogen-bond donors (Lipinski definition) is 0. The minimum Gasteiger partial charge on any atom is -0.341 e. The van der Waals surface area contributed by atoms with Crippen LogP contribution >= 0.6 is 11.6 Å². The van der Waals surface area contributed by atoms with Crippen LogP contribution in [-0.2, 0) is 7.05 Å². The normalized spacial score (nSPS) is 9.15. The van der Waals surface area contributed by atoms with E-state index in [1.807, 2.05) is 17.8 Å². The van der Waals surface area contributed by atoms with Gasteiger partial charge in [0, 0.05) is 25.3 Å². The van der Waals surface area contributed by atoms with Crippen molar-refractivity contribution in [1.29, 1.82) is 0 Å². The minimum absolute atomic E-state index is 0.833. The number of unbranched alkanes of at least 4 members (excludes halogenated alkanes) is 3. The van der Waals surface area contributed by atoms with E-state index in [1.54, 1.807) is 12.5 Å². The number of nitrogens with zero attached hydrogens (tertiary/aromatic N) is 2. The van der Waals surface area contributed by atoms with Gasteiger partial charge in [0.15, 0.2) is 0 Å². The Morgan fingerprint density at radius 2 is 2.08 bits per heavy atom. The molecule has 1 rings (SSSR count). The maximum atomic E-state index is 5.44. The van der Waals surface area contributed by atoms with Gasteiger partial charge in [-0.3, -0.25) is 0 Å². The fourth-order valence-corrected chi connectivity index (χ4v) is 1.04. The van der Waals surface area contributed by atoms with Crippen LogP contribution in [0.15, 0.2) is 18.7 Å². The van der Waals surface area contributed by atoms with Crippen LogP contribution in [0.25, 0.3) is 0 Å². The molecule has 0 unspecified atom stereocenters. The molecule has 2 nitrogen and oxygen atoms in total. The van der Waals surface area contributed by atoms with E-state index in [-0.39, 0.29) is 0 Å². The van der Waals surface area contributed by atoms with Gasteiger partial charge >= 0.3 is 0 Å². The summed E-state index contributed by atoms with van der Waals surface area (Å²) in [4.78, 5) is 3.78. The van der Waals surface area contributed by atoms with E-state index in [2.05, 4.69) is 11.9 Å². The third-order valence-corrected chi connectivity index (χ3v) is 1.89. The fourth-order valence-electron chi connectivity index (χ4n) is 0.847. The van der Waals surface area contributed by atoms with Crippen molar-refractivity contribution in [2.24, 2.45) is 7.05 Å². The zero-order valence-corrected chi connectivity index (χ0v) is 9.30. The molecule has 0 amide bonds. The summed E-state index contributed by atoms with van der Waals surface area (Å²) in [5.74, 6) is 0.833. The van der Waals surface area contributed by atoms with Gasteiger partial charge in [0.05, 0.1) is 6.33 Å². The van der Waals surface area contributed by atoms with E-state index >= 15 is 0 Å². The topological polar surface area (TPSA) is 17.8 Å². The number of hydrogen-bond acceptors (Lipinski definition) is 1. The Labute approximate surface area is 85.9 Å². The number of aromatic nitrogens is 2. The molecular weight excluding hydrogens is 184 g/mol. The SMILES string of the molecule is CCCCCCCl.Cn1ccnc1. The van der Waals surface area contributed by atoms with Gasteiger partial charge in [-0.2, -0.15) is 0 Å². The first kappa shape index (κ1) is 12.5. The van der Waals surface area contributed by atoms with Crippen molar-refractivity contribution in [3.8, 4) is 0 Å². The van der Waals surface area contributed by atoms with E-state index in [0.29, 0.717) is 0 Å². The van der Waals surface area contributed by atoms with Gasteiger partial charge in [0.1, 0.15) is 0 Å². The smallest absolute Gasteiger partial charge is 0.0943 e. The van der Waals surface area contributed by atoms with Gasteiger partial charge in [-0.25, -0.2) is 4.98 Å². The molecule has 0 fully saturated rings. The Kier molecular flexibility index (Phi) is 9.22. The molecule has 0 atom stereocenters. The highest BCUT2D eigenvalue weighted by atomic mass is 35.5. The molecule has 0 spiro atoms. The third kappa shape index (κ3) is 9.41. The van der Waals surface area contributed by atoms with Crippen molar-refractivity contribution in [2.75, 3.05) is 5.88 Å². The van der Waals surface area contributed by atoms with Gasteiger partial charge in [-0.15, -0.1) is 11.6 Å². The predicted molar refractivity (Wildman–Crippen MR) is 58.1 cm³/mol. The average molecular weight is 203 g/mol. The van der Waals surface area contributed by atoms with Gasteiger partial charge < -0.3 is 4.57 Å². The second-order valence-corrected chi connectivity index (χ2v) is 3.36. The summed E-state index contributed by atoms with van der Waals surface area (Å²) >= 11 is 5.44. The Morgan fingerprint density at radius 1 is 1.31 bits per heavy atom. The standard InChI is InChI=1S/C6H13Cl.C4H6N2/c1-2-3-4-5-6-7;1-6-3-2-5-4-6/h2-6H2,1H3;2-4H,1H3. The van der Waals surface area contributed by atoms with Crippen LogP contribution in [0.5, 0.6) is 0 Å². The fraction of sp³-hybridized carbons (Fsp3) is 0.700. The summed E-state index contributed by atoms with van der Waals surface area (Å²) < 4.78 is 1.89. The highest BCUT2D eigenvalue weighted by Crippen LogP contribution is 1.98. The molecule has 0 aliphatic heterocycles. The summed E-state index contributed by atoms with van der Waals surface area (Å²) in [5, 5.41) is 0. The van der Waals surface area contributed by atoms with Crippen molar-refractivity contribution in [3.63, 3.8) is 0 Å². The summed E-state index contributed by atoms with van der Waals surface area (Å²) in [7, 11) is 1.94. The predicted octanol–water partition coefficient (Wildman–Crippen LogP) is 3.23. The first-order chi connectivity index (χ1) is 6.31. The largest absolute Gasteiger partial charge is 0.341 e. The number of rotatable bonds is 4. The quantitative estimate of drug-likeness (QED) is 0.542. The molecule has 0 aliphatic carbocycles. The molecule has 76 valence electrons. The number of imidazole rings is 1. The summed E-state index contributed by atoms with van der Waals surface area (Å²) in [6.45, 7) is 2.20. The lowest BCUT2D eigenvalue weighted by molar-refractivity contribution is 0.705. The molecule has 0 aliphatic rings. The number of aryl methyl sites for hydroxylation is 1. The van der Waals surface area contributed by atoms with Crippen LogP contribution < -0.4 is 0 Å². The van der Waals surface area contributed by atoms with Crippen molar-refractivity contribution < 1.29 is 0 Å². The molecule has 1 aromatic heterocycles. The highest BCUT2D eigenvalue weighted by molar-refractivity contribution is 6.17. The van der Waals surface area contributed by atoms with Crippen LogP contribution in [0.2, 0.25) is 0 Å². The van der Waals surface area contributed by atoms with Crippen LogP contribution in [0.1, 0.15) is 32.6 Å². The van der Waals surface area contributed by atoms with Crippen molar-refractivity contribution in [1.82, 2.24) is 9.55 Å². The maximum Gasteiger partial charge on any atom is 0.0943 e. The van der Waals surface area contributed by atoms with Crippen LogP contribution in [0.3, 0.4) is 0 Å². The van der Waals surface area contributed by atoms with E-state index in [1.165, 1.54) is 25.7 Å². The second kappa shape index (κ2) is 9.59. The van der Waals surface area contributed by atoms with E-state index in [9.17, 15) is 0 Å². The molecule has 13 heavy (non-hydrogen) atoms. The van der Waals surface area contributed by atoms with Gasteiger partial charge in [0.25, 0.3) is 0 Å². The van der Waals surface area contributed by atoms with Crippen LogP contribution in [0.4, 0.5) is 0 Å². The molecular formula is C10H19ClN2. The molecule has 0 saturated carbocycles. The van der Waals surface area contributed by atoms with Gasteiger partial charge in [-0.05, 0) is 6.42 Å². The lowest BCUT2D eigenvalue weighted by Crippen LogP contribution is -1.76. The minimum atomic E-state index is 0.833. The molecule has 0 radical (unpaired) electrons. The zero-order chi connectivity index (χ0) is 9.94. The third-order valence-electron chi connectivity index (χ3n) is 1.62. The average Bonchev–Trinajstić information content (AvgIpc) is 2.58. The maximum absolute atomic E-state index is 5.44. The molecule has 3 heteroatoms. The summed E-state index contributed by atoms with van der Waals surface area (Å²) in [5.41, 5.74) is 0. The van der Waals surface area contributed by atoms with Crippen molar-refractivity contribution in [2.45, 2.75) is 32.6 Å². The van der Waals surface area contributed by atoms with E-state index in [0.717, 1.165) is 5.88 Å². The molecule has 1 aromatic rings. The Hall–Kier alpha value is -0.500. The first-order valence-corrected chi connectivity index (χ1v) is 5.32. The Morgan fingerprint density at radius 3 is 2.38 bits per heavy atom. The summed E-state index contributed by atoms with van der Waals surface area (Å²) in [6.07, 6.45) is 10.5. The van der Waals surface area contributed by atoms with E-state index in [4.69, 9.17) is 11.6 Å². The lowest BCUT2D eigenvalue weighted by atomic mass is 10.2.